The molecule has 0 heterocycles. The van der Waals surface area contributed by atoms with Gasteiger partial charge in [-0.05, 0) is 38.1 Å². The largest absolute Gasteiger partial charge is 0.507 e. The van der Waals surface area contributed by atoms with Crippen LogP contribution in [0.25, 0.3) is 0 Å². The number of ketones is 4. The number of unbranched alkanes of at least 4 members (excludes halogenated alkanes) is 2. The van der Waals surface area contributed by atoms with Crippen molar-refractivity contribution in [3.63, 3.8) is 0 Å². The number of benzene rings is 1. The molecule has 40 heavy (non-hydrogen) atoms. The number of aromatic hydroxyl groups is 1. The molecule has 0 radical (unpaired) electrons. The van der Waals surface area contributed by atoms with E-state index in [9.17, 15) is 39.0 Å². The van der Waals surface area contributed by atoms with Gasteiger partial charge in [-0.1, -0.05) is 45.2 Å². The Hall–Kier alpha value is -3.44. The summed E-state index contributed by atoms with van der Waals surface area (Å²) in [5.41, 5.74) is 2.77. The van der Waals surface area contributed by atoms with Crippen molar-refractivity contribution >= 4 is 35.0 Å². The zero-order valence-electron chi connectivity index (χ0n) is 23.1. The number of fused-ring (bicyclic) bond motifs is 3. The van der Waals surface area contributed by atoms with Gasteiger partial charge >= 0.3 is 5.97 Å². The molecule has 11 heteroatoms. The number of primary amides is 1. The highest BCUT2D eigenvalue weighted by molar-refractivity contribution is 6.32. The van der Waals surface area contributed by atoms with Crippen LogP contribution in [-0.4, -0.2) is 82.0 Å². The maximum Gasteiger partial charge on any atom is 0.305 e. The molecule has 0 aliphatic heterocycles. The quantitative estimate of drug-likeness (QED) is 0.237. The highest BCUT2D eigenvalue weighted by Gasteiger charge is 2.74. The van der Waals surface area contributed by atoms with Crippen LogP contribution in [0.1, 0.15) is 67.8 Å². The summed E-state index contributed by atoms with van der Waals surface area (Å²) in [6, 6.07) is 3.16. The molecule has 0 bridgehead atoms. The van der Waals surface area contributed by atoms with Crippen LogP contribution >= 0.6 is 0 Å². The first-order valence-corrected chi connectivity index (χ1v) is 13.7. The molecule has 1 amide bonds. The molecule has 2 unspecified atom stereocenters. The first-order valence-electron chi connectivity index (χ1n) is 13.7. The lowest BCUT2D eigenvalue weighted by molar-refractivity contribution is -0.206. The van der Waals surface area contributed by atoms with Gasteiger partial charge in [0.15, 0.2) is 34.7 Å². The SMILES string of the molecule is CCCCC[C@@H]1c2cccc(O)c2C(=O)C2C(=O)[C@@]3(O)C(=O)C(C(N)=O)C(=O)[C@H](N(C)C)[C@H]3[C@H](OC(=O)CC)[C@H]21. The molecule has 0 saturated heterocycles. The summed E-state index contributed by atoms with van der Waals surface area (Å²) in [7, 11) is 2.95. The standard InChI is InChI=1S/C29H36N2O9/c1-5-7-8-10-14-13-11-9-12-15(32)17(13)23(34)19-18(14)25(40-16(33)6-2)21-22(31(3)4)24(35)20(28(30)38)27(37)29(21,39)26(19)36/h9,11-12,14,18-22,25,32,39H,5-8,10H2,1-4H3,(H2,30,38)/t14-,18+,19?,20?,21+,22-,25-,29-/m1/s1. The zero-order chi connectivity index (χ0) is 29.7. The first-order chi connectivity index (χ1) is 18.8. The Morgan fingerprint density at radius 1 is 1.07 bits per heavy atom. The van der Waals surface area contributed by atoms with Gasteiger partial charge < -0.3 is 20.7 Å². The fourth-order valence-corrected chi connectivity index (χ4v) is 7.08. The third-order valence-electron chi connectivity index (χ3n) is 8.80. The van der Waals surface area contributed by atoms with E-state index in [2.05, 4.69) is 0 Å². The number of hydrogen-bond acceptors (Lipinski definition) is 10. The Balaban J connectivity index is 2.03. The topological polar surface area (TPSA) is 181 Å². The van der Waals surface area contributed by atoms with E-state index >= 15 is 0 Å². The number of carbonyl (C=O) groups excluding carboxylic acids is 6. The number of amides is 1. The summed E-state index contributed by atoms with van der Waals surface area (Å²) < 4.78 is 5.88. The number of carbonyl (C=O) groups is 6. The van der Waals surface area contributed by atoms with Gasteiger partial charge in [-0.3, -0.25) is 33.7 Å². The van der Waals surface area contributed by atoms with Gasteiger partial charge in [0.1, 0.15) is 11.9 Å². The number of rotatable bonds is 8. The average Bonchev–Trinajstić information content (AvgIpc) is 2.89. The second-order valence-electron chi connectivity index (χ2n) is 11.2. The normalized spacial score (nSPS) is 33.3. The number of ether oxygens (including phenoxy) is 1. The Bertz CT molecular complexity index is 1270. The molecule has 216 valence electrons. The molecule has 3 aliphatic carbocycles. The van der Waals surface area contributed by atoms with E-state index < -0.39 is 82.3 Å². The minimum Gasteiger partial charge on any atom is -0.507 e. The Morgan fingerprint density at radius 2 is 1.75 bits per heavy atom. The number of likely N-dealkylation sites (N-methyl/N-ethyl adjacent to an activating group) is 1. The summed E-state index contributed by atoms with van der Waals surface area (Å²) in [6.07, 6.45) is 1.34. The van der Waals surface area contributed by atoms with Crippen molar-refractivity contribution in [2.75, 3.05) is 14.1 Å². The van der Waals surface area contributed by atoms with Gasteiger partial charge in [0.05, 0.1) is 23.4 Å². The number of nitrogens with zero attached hydrogens (tertiary/aromatic N) is 1. The van der Waals surface area contributed by atoms with Crippen molar-refractivity contribution in [2.24, 2.45) is 29.4 Å². The molecule has 0 spiro atoms. The van der Waals surface area contributed by atoms with Crippen LogP contribution < -0.4 is 5.73 Å². The van der Waals surface area contributed by atoms with E-state index in [1.165, 1.54) is 25.1 Å². The zero-order valence-corrected chi connectivity index (χ0v) is 23.1. The lowest BCUT2D eigenvalue weighted by atomic mass is 9.49. The number of esters is 1. The molecule has 4 N–H and O–H groups in total. The van der Waals surface area contributed by atoms with Gasteiger partial charge in [0, 0.05) is 12.3 Å². The fraction of sp³-hybridized carbons (Fsp3) is 0.586. The van der Waals surface area contributed by atoms with E-state index in [-0.39, 0.29) is 17.7 Å². The number of phenolic OH excluding ortho intramolecular Hbond substituents is 1. The van der Waals surface area contributed by atoms with E-state index in [1.807, 2.05) is 6.92 Å². The maximum absolute atomic E-state index is 14.3. The van der Waals surface area contributed by atoms with Gasteiger partial charge in [0.25, 0.3) is 0 Å². The van der Waals surface area contributed by atoms with Crippen LogP contribution in [-0.2, 0) is 28.7 Å². The molecule has 2 saturated carbocycles. The van der Waals surface area contributed by atoms with Crippen molar-refractivity contribution in [3.05, 3.63) is 29.3 Å². The van der Waals surface area contributed by atoms with Crippen LogP contribution in [0.5, 0.6) is 5.75 Å². The number of aliphatic hydroxyl groups is 1. The number of Topliss-reactive ketones (excluding diaryl/α,β-unsaturated/α-hetero) is 4. The highest BCUT2D eigenvalue weighted by atomic mass is 16.5. The van der Waals surface area contributed by atoms with Crippen LogP contribution in [0.2, 0.25) is 0 Å². The molecule has 1 aromatic rings. The minimum absolute atomic E-state index is 0.0861. The summed E-state index contributed by atoms with van der Waals surface area (Å²) >= 11 is 0. The van der Waals surface area contributed by atoms with Crippen molar-refractivity contribution in [3.8, 4) is 5.75 Å². The van der Waals surface area contributed by atoms with Crippen molar-refractivity contribution in [2.45, 2.75) is 69.6 Å². The summed E-state index contributed by atoms with van der Waals surface area (Å²) in [5.74, 6) is -13.7. The van der Waals surface area contributed by atoms with Gasteiger partial charge in [-0.15, -0.1) is 0 Å². The van der Waals surface area contributed by atoms with Crippen LogP contribution in [0.15, 0.2) is 18.2 Å². The van der Waals surface area contributed by atoms with Crippen molar-refractivity contribution in [1.82, 2.24) is 4.90 Å². The predicted octanol–water partition coefficient (Wildman–Crippen LogP) is 0.920. The monoisotopic (exact) mass is 556 g/mol. The third-order valence-corrected chi connectivity index (χ3v) is 8.80. The fourth-order valence-electron chi connectivity index (χ4n) is 7.08. The van der Waals surface area contributed by atoms with Crippen LogP contribution in [0, 0.1) is 23.7 Å². The van der Waals surface area contributed by atoms with E-state index in [1.54, 1.807) is 19.1 Å². The molecule has 4 rings (SSSR count). The van der Waals surface area contributed by atoms with Gasteiger partial charge in [-0.2, -0.15) is 0 Å². The molecule has 1 aromatic carbocycles. The van der Waals surface area contributed by atoms with Crippen LogP contribution in [0.4, 0.5) is 0 Å². The number of nitrogens with two attached hydrogens (primary N) is 1. The second kappa shape index (κ2) is 10.9. The van der Waals surface area contributed by atoms with E-state index in [4.69, 9.17) is 10.5 Å². The third kappa shape index (κ3) is 4.26. The predicted molar refractivity (Wildman–Crippen MR) is 140 cm³/mol. The molecular weight excluding hydrogens is 520 g/mol. The second-order valence-corrected chi connectivity index (χ2v) is 11.2. The minimum atomic E-state index is -3.02. The summed E-state index contributed by atoms with van der Waals surface area (Å²) in [5, 5.41) is 22.7. The smallest absolute Gasteiger partial charge is 0.305 e. The molecule has 8 atom stereocenters. The Kier molecular flexibility index (Phi) is 8.01. The Morgan fingerprint density at radius 3 is 2.33 bits per heavy atom. The van der Waals surface area contributed by atoms with E-state index in [0.29, 0.717) is 18.4 Å². The molecular formula is C29H36N2O9. The summed E-state index contributed by atoms with van der Waals surface area (Å²) in [4.78, 5) is 81.9. The number of hydrogen-bond donors (Lipinski definition) is 3. The van der Waals surface area contributed by atoms with Crippen LogP contribution in [0.3, 0.4) is 0 Å². The Labute approximate surface area is 232 Å². The average molecular weight is 557 g/mol. The van der Waals surface area contributed by atoms with Gasteiger partial charge in [0.2, 0.25) is 5.91 Å². The van der Waals surface area contributed by atoms with Gasteiger partial charge in [-0.25, -0.2) is 0 Å². The maximum atomic E-state index is 14.3. The van der Waals surface area contributed by atoms with Crippen molar-refractivity contribution < 1.29 is 43.7 Å². The van der Waals surface area contributed by atoms with Crippen molar-refractivity contribution in [1.29, 1.82) is 0 Å². The highest BCUT2D eigenvalue weighted by Crippen LogP contribution is 2.56. The molecule has 0 aromatic heterocycles. The number of phenols is 1. The molecule has 3 aliphatic rings. The molecule has 11 nitrogen and oxygen atoms in total. The lowest BCUT2D eigenvalue weighted by Gasteiger charge is -2.57. The lowest BCUT2D eigenvalue weighted by Crippen LogP contribution is -2.78. The molecule has 2 fully saturated rings. The first kappa shape index (κ1) is 29.5. The van der Waals surface area contributed by atoms with E-state index in [0.717, 1.165) is 12.8 Å². The summed E-state index contributed by atoms with van der Waals surface area (Å²) in [6.45, 7) is 3.56.